The Labute approximate surface area is 154 Å². The predicted octanol–water partition coefficient (Wildman–Crippen LogP) is 3.61. The smallest absolute Gasteiger partial charge is 0.273 e. The van der Waals surface area contributed by atoms with Crippen LogP contribution in [0.5, 0.6) is 0 Å². The molecule has 6 heteroatoms. The topological polar surface area (TPSA) is 81.1 Å². The van der Waals surface area contributed by atoms with Gasteiger partial charge < -0.3 is 15.5 Å². The van der Waals surface area contributed by atoms with Crippen LogP contribution in [0.2, 0.25) is 0 Å². The Morgan fingerprint density at radius 3 is 2.56 bits per heavy atom. The van der Waals surface area contributed by atoms with E-state index in [2.05, 4.69) is 26.2 Å². The third-order valence-corrected chi connectivity index (χ3v) is 4.27. The number of carbonyl (C=O) groups excluding carboxylic acids is 1. The van der Waals surface area contributed by atoms with Gasteiger partial charge in [0.2, 0.25) is 5.89 Å². The molecule has 2 aromatic carbocycles. The van der Waals surface area contributed by atoms with Crippen molar-refractivity contribution < 1.29 is 9.21 Å². The average Bonchev–Trinajstić information content (AvgIpc) is 3.12. The highest BCUT2D eigenvalue weighted by atomic mass is 79.9. The van der Waals surface area contributed by atoms with Crippen LogP contribution >= 0.6 is 15.9 Å². The van der Waals surface area contributed by atoms with Crippen LogP contribution in [0.25, 0.3) is 0 Å². The van der Waals surface area contributed by atoms with Gasteiger partial charge in [0.1, 0.15) is 6.26 Å². The lowest BCUT2D eigenvalue weighted by atomic mass is 10.1. The molecular formula is C19H18BrN3O2. The predicted molar refractivity (Wildman–Crippen MR) is 98.9 cm³/mol. The number of amides is 1. The Morgan fingerprint density at radius 2 is 1.84 bits per heavy atom. The van der Waals surface area contributed by atoms with Gasteiger partial charge in [0.05, 0.1) is 6.04 Å². The van der Waals surface area contributed by atoms with Crippen molar-refractivity contribution in [1.29, 1.82) is 0 Å². The van der Waals surface area contributed by atoms with Crippen molar-refractivity contribution in [2.75, 3.05) is 0 Å². The lowest BCUT2D eigenvalue weighted by Gasteiger charge is -2.07. The first-order chi connectivity index (χ1) is 12.1. The Kier molecular flexibility index (Phi) is 5.63. The van der Waals surface area contributed by atoms with Gasteiger partial charge >= 0.3 is 0 Å². The summed E-state index contributed by atoms with van der Waals surface area (Å²) < 4.78 is 6.38. The number of hydrogen-bond donors (Lipinski definition) is 2. The van der Waals surface area contributed by atoms with E-state index in [0.717, 1.165) is 15.6 Å². The number of carbonyl (C=O) groups is 1. The molecule has 1 aromatic heterocycles. The summed E-state index contributed by atoms with van der Waals surface area (Å²) in [5, 5.41) is 2.82. The highest BCUT2D eigenvalue weighted by Gasteiger charge is 2.17. The fourth-order valence-corrected chi connectivity index (χ4v) is 2.66. The molecule has 1 unspecified atom stereocenters. The second-order valence-corrected chi connectivity index (χ2v) is 6.59. The maximum absolute atomic E-state index is 12.2. The van der Waals surface area contributed by atoms with Crippen LogP contribution in [0.1, 0.15) is 33.5 Å². The molecule has 0 saturated heterocycles. The number of hydrogen-bond acceptors (Lipinski definition) is 4. The zero-order valence-electron chi connectivity index (χ0n) is 13.5. The highest BCUT2D eigenvalue weighted by Crippen LogP contribution is 2.16. The Morgan fingerprint density at radius 1 is 1.12 bits per heavy atom. The van der Waals surface area contributed by atoms with E-state index in [0.29, 0.717) is 18.9 Å². The summed E-state index contributed by atoms with van der Waals surface area (Å²) in [6.07, 6.45) is 1.94. The van der Waals surface area contributed by atoms with Gasteiger partial charge in [0.25, 0.3) is 5.91 Å². The van der Waals surface area contributed by atoms with Crippen molar-refractivity contribution >= 4 is 21.8 Å². The largest absolute Gasteiger partial charge is 0.446 e. The zero-order chi connectivity index (χ0) is 17.6. The molecule has 128 valence electrons. The first-order valence-corrected chi connectivity index (χ1v) is 8.68. The number of aromatic nitrogens is 1. The molecule has 25 heavy (non-hydrogen) atoms. The third-order valence-electron chi connectivity index (χ3n) is 3.74. The Hall–Kier alpha value is -2.44. The minimum atomic E-state index is -0.393. The molecule has 0 aliphatic heterocycles. The summed E-state index contributed by atoms with van der Waals surface area (Å²) in [6, 6.07) is 17.2. The van der Waals surface area contributed by atoms with Crippen molar-refractivity contribution in [2.45, 2.75) is 19.0 Å². The summed E-state index contributed by atoms with van der Waals surface area (Å²) in [4.78, 5) is 16.4. The molecule has 3 aromatic rings. The monoisotopic (exact) mass is 399 g/mol. The van der Waals surface area contributed by atoms with Gasteiger partial charge in [0.15, 0.2) is 5.69 Å². The van der Waals surface area contributed by atoms with Gasteiger partial charge in [-0.25, -0.2) is 4.98 Å². The van der Waals surface area contributed by atoms with Crippen molar-refractivity contribution in [2.24, 2.45) is 5.73 Å². The molecule has 1 heterocycles. The minimum absolute atomic E-state index is 0.232. The second-order valence-electron chi connectivity index (χ2n) is 5.68. The standard InChI is InChI=1S/C19H18BrN3O2/c20-15-8-6-14(7-9-15)11-22-18(24)17-12-25-19(23-17)16(21)10-13-4-2-1-3-5-13/h1-9,12,16H,10-11,21H2,(H,22,24). The van der Waals surface area contributed by atoms with E-state index in [1.165, 1.54) is 6.26 Å². The van der Waals surface area contributed by atoms with E-state index >= 15 is 0 Å². The normalized spacial score (nSPS) is 11.9. The lowest BCUT2D eigenvalue weighted by Crippen LogP contribution is -2.23. The average molecular weight is 400 g/mol. The minimum Gasteiger partial charge on any atom is -0.446 e. The van der Waals surface area contributed by atoms with Crippen LogP contribution in [-0.4, -0.2) is 10.9 Å². The van der Waals surface area contributed by atoms with E-state index in [9.17, 15) is 4.79 Å². The number of benzene rings is 2. The molecule has 0 spiro atoms. The maximum atomic E-state index is 12.2. The number of oxazole rings is 1. The van der Waals surface area contributed by atoms with Crippen molar-refractivity contribution in [3.05, 3.63) is 88.0 Å². The summed E-state index contributed by atoms with van der Waals surface area (Å²) >= 11 is 3.38. The van der Waals surface area contributed by atoms with Crippen molar-refractivity contribution in [3.8, 4) is 0 Å². The molecule has 0 fully saturated rings. The van der Waals surface area contributed by atoms with E-state index in [4.69, 9.17) is 10.2 Å². The van der Waals surface area contributed by atoms with E-state index in [1.54, 1.807) is 0 Å². The molecule has 5 nitrogen and oxygen atoms in total. The van der Waals surface area contributed by atoms with Gasteiger partial charge in [-0.05, 0) is 29.7 Å². The van der Waals surface area contributed by atoms with Crippen molar-refractivity contribution in [1.82, 2.24) is 10.3 Å². The molecule has 0 aliphatic carbocycles. The summed E-state index contributed by atoms with van der Waals surface area (Å²) in [5.74, 6) is 0.0717. The number of nitrogens with two attached hydrogens (primary N) is 1. The van der Waals surface area contributed by atoms with Gasteiger partial charge in [0, 0.05) is 11.0 Å². The molecular weight excluding hydrogens is 382 g/mol. The summed E-state index contributed by atoms with van der Waals surface area (Å²) in [5.41, 5.74) is 8.45. The third kappa shape index (κ3) is 4.78. The van der Waals surface area contributed by atoms with E-state index in [-0.39, 0.29) is 11.6 Å². The van der Waals surface area contributed by atoms with Crippen LogP contribution in [0, 0.1) is 0 Å². The molecule has 1 atom stereocenters. The van der Waals surface area contributed by atoms with Crippen LogP contribution in [0.4, 0.5) is 0 Å². The number of halogens is 1. The van der Waals surface area contributed by atoms with E-state index < -0.39 is 6.04 Å². The number of nitrogens with zero attached hydrogens (tertiary/aromatic N) is 1. The molecule has 3 N–H and O–H groups in total. The van der Waals surface area contributed by atoms with Gasteiger partial charge in [-0.1, -0.05) is 58.4 Å². The molecule has 0 aliphatic rings. The van der Waals surface area contributed by atoms with Crippen LogP contribution < -0.4 is 11.1 Å². The number of rotatable bonds is 6. The van der Waals surface area contributed by atoms with Gasteiger partial charge in [-0.15, -0.1) is 0 Å². The fraction of sp³-hybridized carbons (Fsp3) is 0.158. The molecule has 1 amide bonds. The van der Waals surface area contributed by atoms with Crippen LogP contribution in [0.3, 0.4) is 0 Å². The van der Waals surface area contributed by atoms with Crippen LogP contribution in [-0.2, 0) is 13.0 Å². The summed E-state index contributed by atoms with van der Waals surface area (Å²) in [6.45, 7) is 0.421. The molecule has 3 rings (SSSR count). The summed E-state index contributed by atoms with van der Waals surface area (Å²) in [7, 11) is 0. The quantitative estimate of drug-likeness (QED) is 0.663. The molecule has 0 radical (unpaired) electrons. The fourth-order valence-electron chi connectivity index (χ4n) is 2.39. The first-order valence-electron chi connectivity index (χ1n) is 7.89. The highest BCUT2D eigenvalue weighted by molar-refractivity contribution is 9.10. The second kappa shape index (κ2) is 8.09. The SMILES string of the molecule is NC(Cc1ccccc1)c1nc(C(=O)NCc2ccc(Br)cc2)co1. The lowest BCUT2D eigenvalue weighted by molar-refractivity contribution is 0.0946. The molecule has 0 saturated carbocycles. The van der Waals surface area contributed by atoms with E-state index in [1.807, 2.05) is 54.6 Å². The van der Waals surface area contributed by atoms with Gasteiger partial charge in [-0.2, -0.15) is 0 Å². The first kappa shape index (κ1) is 17.4. The Balaban J connectivity index is 1.58. The van der Waals surface area contributed by atoms with Crippen molar-refractivity contribution in [3.63, 3.8) is 0 Å². The van der Waals surface area contributed by atoms with Gasteiger partial charge in [-0.3, -0.25) is 4.79 Å². The van der Waals surface area contributed by atoms with Crippen LogP contribution in [0.15, 0.2) is 69.8 Å². The Bertz CT molecular complexity index is 831. The maximum Gasteiger partial charge on any atom is 0.273 e. The number of nitrogens with one attached hydrogen (secondary N) is 1. The molecule has 0 bridgehead atoms. The zero-order valence-corrected chi connectivity index (χ0v) is 15.1.